The molecule has 0 saturated heterocycles. The maximum Gasteiger partial charge on any atom is 0.416 e. The zero-order chi connectivity index (χ0) is 15.6. The molecule has 0 unspecified atom stereocenters. The summed E-state index contributed by atoms with van der Waals surface area (Å²) in [7, 11) is 0. The van der Waals surface area contributed by atoms with Gasteiger partial charge in [-0.15, -0.1) is 0 Å². The molecule has 21 heavy (non-hydrogen) atoms. The van der Waals surface area contributed by atoms with E-state index in [1.165, 1.54) is 18.3 Å². The Morgan fingerprint density at radius 2 is 1.95 bits per heavy atom. The van der Waals surface area contributed by atoms with Crippen molar-refractivity contribution in [3.63, 3.8) is 0 Å². The molecule has 2 aromatic rings. The predicted molar refractivity (Wildman–Crippen MR) is 70.9 cm³/mol. The maximum atomic E-state index is 12.6. The monoisotopic (exact) mass is 316 g/mol. The number of benzene rings is 1. The first-order valence-corrected chi connectivity index (χ1v) is 5.98. The third-order valence-electron chi connectivity index (χ3n) is 2.55. The summed E-state index contributed by atoms with van der Waals surface area (Å²) in [5, 5.41) is 11.5. The first-order valence-electron chi connectivity index (χ1n) is 5.60. The van der Waals surface area contributed by atoms with Crippen molar-refractivity contribution < 1.29 is 23.1 Å². The Kier molecular flexibility index (Phi) is 4.04. The number of aromatic carboxylic acids is 1. The summed E-state index contributed by atoms with van der Waals surface area (Å²) >= 11 is 5.84. The van der Waals surface area contributed by atoms with Gasteiger partial charge in [-0.3, -0.25) is 0 Å². The van der Waals surface area contributed by atoms with Crippen molar-refractivity contribution in [2.24, 2.45) is 0 Å². The lowest BCUT2D eigenvalue weighted by molar-refractivity contribution is -0.137. The number of hydrogen-bond acceptors (Lipinski definition) is 3. The van der Waals surface area contributed by atoms with Crippen molar-refractivity contribution in [1.82, 2.24) is 4.98 Å². The van der Waals surface area contributed by atoms with Crippen LogP contribution in [0.1, 0.15) is 16.1 Å². The predicted octanol–water partition coefficient (Wildman–Crippen LogP) is 4.20. The number of halogens is 4. The highest BCUT2D eigenvalue weighted by Gasteiger charge is 2.30. The van der Waals surface area contributed by atoms with Crippen LogP contribution >= 0.6 is 11.6 Å². The minimum Gasteiger partial charge on any atom is -0.477 e. The molecule has 0 bridgehead atoms. The quantitative estimate of drug-likeness (QED) is 0.891. The van der Waals surface area contributed by atoms with E-state index in [4.69, 9.17) is 16.7 Å². The smallest absolute Gasteiger partial charge is 0.416 e. The zero-order valence-electron chi connectivity index (χ0n) is 10.3. The van der Waals surface area contributed by atoms with Crippen LogP contribution < -0.4 is 5.32 Å². The molecule has 1 aromatic heterocycles. The Hall–Kier alpha value is -2.28. The summed E-state index contributed by atoms with van der Waals surface area (Å²) in [6.45, 7) is 0. The Balaban J connectivity index is 2.35. The first kappa shape index (κ1) is 15.1. The molecule has 8 heteroatoms. The van der Waals surface area contributed by atoms with E-state index in [9.17, 15) is 18.0 Å². The lowest BCUT2D eigenvalue weighted by Gasteiger charge is -2.12. The van der Waals surface area contributed by atoms with Gasteiger partial charge in [-0.25, -0.2) is 9.78 Å². The van der Waals surface area contributed by atoms with Gasteiger partial charge in [0.15, 0.2) is 0 Å². The summed E-state index contributed by atoms with van der Waals surface area (Å²) in [5.74, 6) is -1.24. The molecular formula is C13H8ClF3N2O2. The van der Waals surface area contributed by atoms with Crippen LogP contribution in [-0.4, -0.2) is 16.1 Å². The summed E-state index contributed by atoms with van der Waals surface area (Å²) in [4.78, 5) is 14.4. The Bertz CT molecular complexity index is 689. The van der Waals surface area contributed by atoms with E-state index in [-0.39, 0.29) is 22.1 Å². The minimum atomic E-state index is -4.49. The average Bonchev–Trinajstić information content (AvgIpc) is 2.40. The van der Waals surface area contributed by atoms with Crippen LogP contribution in [0.5, 0.6) is 0 Å². The maximum absolute atomic E-state index is 12.6. The summed E-state index contributed by atoms with van der Waals surface area (Å²) in [6.07, 6.45) is -3.27. The Morgan fingerprint density at radius 3 is 2.57 bits per heavy atom. The van der Waals surface area contributed by atoms with Crippen molar-refractivity contribution >= 4 is 28.9 Å². The van der Waals surface area contributed by atoms with Crippen LogP contribution in [0.2, 0.25) is 5.02 Å². The van der Waals surface area contributed by atoms with Gasteiger partial charge in [0.25, 0.3) is 0 Å². The van der Waals surface area contributed by atoms with E-state index in [1.807, 2.05) is 0 Å². The molecule has 0 aliphatic heterocycles. The summed E-state index contributed by atoms with van der Waals surface area (Å²) in [6, 6.07) is 5.44. The largest absolute Gasteiger partial charge is 0.477 e. The van der Waals surface area contributed by atoms with Gasteiger partial charge in [0.1, 0.15) is 5.69 Å². The van der Waals surface area contributed by atoms with Crippen LogP contribution in [0.15, 0.2) is 36.5 Å². The molecule has 0 fully saturated rings. The van der Waals surface area contributed by atoms with Crippen molar-refractivity contribution in [2.75, 3.05) is 5.32 Å². The number of nitrogens with one attached hydrogen (secondary N) is 1. The number of carboxylic acid groups (broad SMARTS) is 1. The summed E-state index contributed by atoms with van der Waals surface area (Å²) < 4.78 is 37.9. The van der Waals surface area contributed by atoms with Gasteiger partial charge in [0.2, 0.25) is 0 Å². The van der Waals surface area contributed by atoms with E-state index < -0.39 is 17.7 Å². The second-order valence-electron chi connectivity index (χ2n) is 4.05. The van der Waals surface area contributed by atoms with Gasteiger partial charge >= 0.3 is 12.1 Å². The highest BCUT2D eigenvalue weighted by atomic mass is 35.5. The molecule has 2 N–H and O–H groups in total. The number of nitrogens with zero attached hydrogens (tertiary/aromatic N) is 1. The van der Waals surface area contributed by atoms with Gasteiger partial charge in [-0.2, -0.15) is 13.2 Å². The number of anilines is 2. The van der Waals surface area contributed by atoms with E-state index in [0.29, 0.717) is 0 Å². The third-order valence-corrected chi connectivity index (χ3v) is 2.88. The van der Waals surface area contributed by atoms with E-state index in [0.717, 1.165) is 18.2 Å². The standard InChI is InChI=1S/C13H8ClF3N2O2/c14-9-2-1-7(13(15,16)17)5-10(9)19-8-3-4-18-11(6-8)12(20)21/h1-6H,(H,18,19)(H,20,21). The third kappa shape index (κ3) is 3.63. The highest BCUT2D eigenvalue weighted by Crippen LogP contribution is 2.34. The second-order valence-corrected chi connectivity index (χ2v) is 4.46. The molecule has 0 radical (unpaired) electrons. The Morgan fingerprint density at radius 1 is 1.24 bits per heavy atom. The minimum absolute atomic E-state index is 0.0223. The molecule has 0 aliphatic carbocycles. The fourth-order valence-electron chi connectivity index (χ4n) is 1.58. The molecule has 0 saturated carbocycles. The second kappa shape index (κ2) is 5.61. The first-order chi connectivity index (χ1) is 9.77. The topological polar surface area (TPSA) is 62.2 Å². The molecule has 0 spiro atoms. The highest BCUT2D eigenvalue weighted by molar-refractivity contribution is 6.33. The van der Waals surface area contributed by atoms with Gasteiger partial charge in [0, 0.05) is 11.9 Å². The number of alkyl halides is 3. The number of rotatable bonds is 3. The van der Waals surface area contributed by atoms with Crippen molar-refractivity contribution in [2.45, 2.75) is 6.18 Å². The number of carbonyl (C=O) groups is 1. The van der Waals surface area contributed by atoms with Crippen molar-refractivity contribution in [1.29, 1.82) is 0 Å². The number of pyridine rings is 1. The summed E-state index contributed by atoms with van der Waals surface area (Å²) in [5.41, 5.74) is -0.803. The molecule has 2 rings (SSSR count). The van der Waals surface area contributed by atoms with Crippen molar-refractivity contribution in [3.8, 4) is 0 Å². The SMILES string of the molecule is O=C(O)c1cc(Nc2cc(C(F)(F)F)ccc2Cl)ccn1. The van der Waals surface area contributed by atoms with Crippen LogP contribution in [-0.2, 0) is 6.18 Å². The molecule has 0 aliphatic rings. The molecule has 4 nitrogen and oxygen atoms in total. The molecular weight excluding hydrogens is 309 g/mol. The van der Waals surface area contributed by atoms with Crippen LogP contribution in [0, 0.1) is 0 Å². The van der Waals surface area contributed by atoms with E-state index in [1.54, 1.807) is 0 Å². The average molecular weight is 317 g/mol. The molecule has 0 amide bonds. The van der Waals surface area contributed by atoms with Crippen LogP contribution in [0.3, 0.4) is 0 Å². The lowest BCUT2D eigenvalue weighted by Crippen LogP contribution is -2.06. The number of carboxylic acids is 1. The molecule has 0 atom stereocenters. The van der Waals surface area contributed by atoms with Gasteiger partial charge in [-0.1, -0.05) is 11.6 Å². The normalized spacial score (nSPS) is 11.2. The van der Waals surface area contributed by atoms with Crippen LogP contribution in [0.25, 0.3) is 0 Å². The van der Waals surface area contributed by atoms with Gasteiger partial charge in [-0.05, 0) is 30.3 Å². The lowest BCUT2D eigenvalue weighted by atomic mass is 10.2. The number of aromatic nitrogens is 1. The van der Waals surface area contributed by atoms with Gasteiger partial charge in [0.05, 0.1) is 16.3 Å². The number of hydrogen-bond donors (Lipinski definition) is 2. The fraction of sp³-hybridized carbons (Fsp3) is 0.0769. The fourth-order valence-corrected chi connectivity index (χ4v) is 1.74. The molecule has 110 valence electrons. The van der Waals surface area contributed by atoms with E-state index >= 15 is 0 Å². The van der Waals surface area contributed by atoms with Crippen LogP contribution in [0.4, 0.5) is 24.5 Å². The van der Waals surface area contributed by atoms with E-state index in [2.05, 4.69) is 10.3 Å². The zero-order valence-corrected chi connectivity index (χ0v) is 11.0. The molecule has 1 heterocycles. The molecule has 1 aromatic carbocycles. The van der Waals surface area contributed by atoms with Crippen molar-refractivity contribution in [3.05, 3.63) is 52.8 Å². The Labute approximate surface area is 122 Å². The van der Waals surface area contributed by atoms with Gasteiger partial charge < -0.3 is 10.4 Å².